The Kier molecular flexibility index (Phi) is 3.63. The first-order valence-electron chi connectivity index (χ1n) is 5.86. The lowest BCUT2D eigenvalue weighted by Gasteiger charge is -2.17. The number of methoxy groups -OCH3 is 1. The lowest BCUT2D eigenvalue weighted by Crippen LogP contribution is -2.05. The number of aromatic nitrogens is 1. The smallest absolute Gasteiger partial charge is 0.125 e. The molecule has 1 N–H and O–H groups in total. The summed E-state index contributed by atoms with van der Waals surface area (Å²) >= 11 is 0. The second-order valence-electron chi connectivity index (χ2n) is 4.38. The number of hydrogen-bond donors (Lipinski definition) is 1. The molecule has 1 aromatic carbocycles. The Morgan fingerprint density at radius 3 is 2.61 bits per heavy atom. The number of ether oxygens (including phenoxy) is 1. The van der Waals surface area contributed by atoms with Crippen LogP contribution in [0.1, 0.15) is 28.4 Å². The molecule has 0 spiro atoms. The topological polar surface area (TPSA) is 42.4 Å². The maximum Gasteiger partial charge on any atom is 0.125 e. The number of aryl methyl sites for hydroxylation is 2. The van der Waals surface area contributed by atoms with Gasteiger partial charge in [0.15, 0.2) is 0 Å². The monoisotopic (exact) mass is 243 g/mol. The van der Waals surface area contributed by atoms with Gasteiger partial charge in [-0.2, -0.15) is 0 Å². The van der Waals surface area contributed by atoms with Crippen molar-refractivity contribution in [3.05, 3.63) is 58.9 Å². The number of benzene rings is 1. The molecule has 0 saturated carbocycles. The normalized spacial score (nSPS) is 12.2. The van der Waals surface area contributed by atoms with Crippen LogP contribution < -0.4 is 4.74 Å². The summed E-state index contributed by atoms with van der Waals surface area (Å²) in [6, 6.07) is 7.63. The van der Waals surface area contributed by atoms with E-state index in [-0.39, 0.29) is 0 Å². The van der Waals surface area contributed by atoms with Crippen molar-refractivity contribution in [2.45, 2.75) is 20.0 Å². The van der Waals surface area contributed by atoms with Crippen LogP contribution in [-0.4, -0.2) is 17.2 Å². The Morgan fingerprint density at radius 2 is 1.94 bits per heavy atom. The molecule has 1 atom stereocenters. The molecule has 1 unspecified atom stereocenters. The van der Waals surface area contributed by atoms with Crippen LogP contribution in [0.3, 0.4) is 0 Å². The Labute approximate surface area is 107 Å². The summed E-state index contributed by atoms with van der Waals surface area (Å²) in [5, 5.41) is 10.5. The van der Waals surface area contributed by atoms with E-state index in [0.717, 1.165) is 22.3 Å². The first-order valence-corrected chi connectivity index (χ1v) is 5.86. The molecule has 2 rings (SSSR count). The molecule has 0 aliphatic carbocycles. The van der Waals surface area contributed by atoms with Crippen molar-refractivity contribution in [3.8, 4) is 5.75 Å². The molecular formula is C15H17NO2. The molecule has 0 bridgehead atoms. The molecule has 1 aromatic heterocycles. The highest BCUT2D eigenvalue weighted by atomic mass is 16.5. The minimum atomic E-state index is -0.692. The highest BCUT2D eigenvalue weighted by Gasteiger charge is 2.17. The van der Waals surface area contributed by atoms with Crippen molar-refractivity contribution in [2.75, 3.05) is 7.11 Å². The molecule has 1 heterocycles. The average molecular weight is 243 g/mol. The Balaban J connectivity index is 2.48. The first kappa shape index (κ1) is 12.6. The van der Waals surface area contributed by atoms with Crippen molar-refractivity contribution in [1.29, 1.82) is 0 Å². The quantitative estimate of drug-likeness (QED) is 0.901. The van der Waals surface area contributed by atoms with Gasteiger partial charge in [0, 0.05) is 18.0 Å². The highest BCUT2D eigenvalue weighted by molar-refractivity contribution is 5.43. The zero-order valence-electron chi connectivity index (χ0n) is 10.8. The van der Waals surface area contributed by atoms with Gasteiger partial charge in [0.25, 0.3) is 0 Å². The van der Waals surface area contributed by atoms with E-state index in [1.165, 1.54) is 0 Å². The van der Waals surface area contributed by atoms with Crippen LogP contribution >= 0.6 is 0 Å². The van der Waals surface area contributed by atoms with Crippen molar-refractivity contribution >= 4 is 0 Å². The van der Waals surface area contributed by atoms with Gasteiger partial charge in [-0.05, 0) is 43.2 Å². The highest BCUT2D eigenvalue weighted by Crippen LogP contribution is 2.31. The first-order chi connectivity index (χ1) is 8.63. The predicted molar refractivity (Wildman–Crippen MR) is 70.8 cm³/mol. The molecule has 0 amide bonds. The van der Waals surface area contributed by atoms with Gasteiger partial charge in [-0.3, -0.25) is 4.98 Å². The van der Waals surface area contributed by atoms with Gasteiger partial charge in [0.1, 0.15) is 11.9 Å². The SMILES string of the molecule is COc1ccc(C)cc1C(O)c1ccncc1C. The maximum absolute atomic E-state index is 10.5. The van der Waals surface area contributed by atoms with E-state index < -0.39 is 6.10 Å². The second-order valence-corrected chi connectivity index (χ2v) is 4.38. The van der Waals surface area contributed by atoms with E-state index in [2.05, 4.69) is 4.98 Å². The van der Waals surface area contributed by atoms with Crippen LogP contribution in [0.5, 0.6) is 5.75 Å². The lowest BCUT2D eigenvalue weighted by atomic mass is 9.97. The van der Waals surface area contributed by atoms with Gasteiger partial charge in [0.2, 0.25) is 0 Å². The Bertz CT molecular complexity index is 552. The van der Waals surface area contributed by atoms with Gasteiger partial charge >= 0.3 is 0 Å². The molecule has 2 aromatic rings. The third kappa shape index (κ3) is 2.36. The van der Waals surface area contributed by atoms with Crippen molar-refractivity contribution < 1.29 is 9.84 Å². The molecule has 3 nitrogen and oxygen atoms in total. The molecule has 3 heteroatoms. The molecule has 0 aliphatic rings. The summed E-state index contributed by atoms with van der Waals surface area (Å²) in [5.41, 5.74) is 3.70. The fourth-order valence-corrected chi connectivity index (χ4v) is 2.03. The standard InChI is InChI=1S/C15H17NO2/c1-10-4-5-14(18-3)13(8-10)15(17)12-6-7-16-9-11(12)2/h4-9,15,17H,1-3H3. The van der Waals surface area contributed by atoms with Crippen molar-refractivity contribution in [2.24, 2.45) is 0 Å². The van der Waals surface area contributed by atoms with Gasteiger partial charge in [0.05, 0.1) is 7.11 Å². The van der Waals surface area contributed by atoms with Crippen LogP contribution in [0.15, 0.2) is 36.7 Å². The molecular weight excluding hydrogens is 226 g/mol. The Morgan fingerprint density at radius 1 is 1.17 bits per heavy atom. The van der Waals surface area contributed by atoms with Crippen molar-refractivity contribution in [1.82, 2.24) is 4.98 Å². The zero-order valence-corrected chi connectivity index (χ0v) is 10.8. The van der Waals surface area contributed by atoms with E-state index in [9.17, 15) is 5.11 Å². The van der Waals surface area contributed by atoms with Crippen LogP contribution in [0, 0.1) is 13.8 Å². The van der Waals surface area contributed by atoms with Crippen LogP contribution in [0.4, 0.5) is 0 Å². The van der Waals surface area contributed by atoms with Gasteiger partial charge < -0.3 is 9.84 Å². The number of hydrogen-bond acceptors (Lipinski definition) is 3. The van der Waals surface area contributed by atoms with Crippen molar-refractivity contribution in [3.63, 3.8) is 0 Å². The lowest BCUT2D eigenvalue weighted by molar-refractivity contribution is 0.214. The largest absolute Gasteiger partial charge is 0.496 e. The van der Waals surface area contributed by atoms with Gasteiger partial charge in [-0.15, -0.1) is 0 Å². The number of rotatable bonds is 3. The molecule has 94 valence electrons. The maximum atomic E-state index is 10.5. The van der Waals surface area contributed by atoms with E-state index >= 15 is 0 Å². The summed E-state index contributed by atoms with van der Waals surface area (Å²) in [6.45, 7) is 3.93. The van der Waals surface area contributed by atoms with Crippen LogP contribution in [0.25, 0.3) is 0 Å². The number of nitrogens with zero attached hydrogens (tertiary/aromatic N) is 1. The fraction of sp³-hybridized carbons (Fsp3) is 0.267. The summed E-state index contributed by atoms with van der Waals surface area (Å²) < 4.78 is 5.31. The van der Waals surface area contributed by atoms with E-state index in [1.807, 2.05) is 38.1 Å². The molecule has 18 heavy (non-hydrogen) atoms. The minimum Gasteiger partial charge on any atom is -0.496 e. The predicted octanol–water partition coefficient (Wildman–Crippen LogP) is 2.79. The van der Waals surface area contributed by atoms with Crippen LogP contribution in [-0.2, 0) is 0 Å². The van der Waals surface area contributed by atoms with Gasteiger partial charge in [-0.25, -0.2) is 0 Å². The van der Waals surface area contributed by atoms with Gasteiger partial charge in [-0.1, -0.05) is 11.6 Å². The third-order valence-electron chi connectivity index (χ3n) is 3.04. The number of aliphatic hydroxyl groups excluding tert-OH is 1. The average Bonchev–Trinajstić information content (AvgIpc) is 2.38. The molecule has 0 aliphatic heterocycles. The van der Waals surface area contributed by atoms with E-state index in [0.29, 0.717) is 5.75 Å². The third-order valence-corrected chi connectivity index (χ3v) is 3.04. The Hall–Kier alpha value is -1.87. The second kappa shape index (κ2) is 5.19. The summed E-state index contributed by atoms with van der Waals surface area (Å²) in [4.78, 5) is 4.04. The fourth-order valence-electron chi connectivity index (χ4n) is 2.03. The summed E-state index contributed by atoms with van der Waals surface area (Å²) in [5.74, 6) is 0.698. The summed E-state index contributed by atoms with van der Waals surface area (Å²) in [7, 11) is 1.61. The molecule has 0 radical (unpaired) electrons. The van der Waals surface area contributed by atoms with Crippen LogP contribution in [0.2, 0.25) is 0 Å². The van der Waals surface area contributed by atoms with E-state index in [1.54, 1.807) is 19.5 Å². The molecule has 0 saturated heterocycles. The number of pyridine rings is 1. The zero-order chi connectivity index (χ0) is 13.1. The minimum absolute atomic E-state index is 0.692. The van der Waals surface area contributed by atoms with E-state index in [4.69, 9.17) is 4.74 Å². The summed E-state index contributed by atoms with van der Waals surface area (Å²) in [6.07, 6.45) is 2.75. The number of aliphatic hydroxyl groups is 1. The molecule has 0 fully saturated rings.